The SMILES string of the molecule is CC(=O)CCCCCCCNC(=O)CCOCCOCCOCCNC(=O)CCOCC(C)(COCCC(=O)CCCOCCOCCOCCC(=O)NCCCCCCCC(=O)O)COCCC(=O)CCCOCCOCCOCCC(=O)NCCCCCCCC(=O)O. The summed E-state index contributed by atoms with van der Waals surface area (Å²) in [6, 6.07) is 0. The normalized spacial score (nSPS) is 11.4. The highest BCUT2D eigenvalue weighted by Gasteiger charge is 2.27. The highest BCUT2D eigenvalue weighted by Crippen LogP contribution is 2.20. The summed E-state index contributed by atoms with van der Waals surface area (Å²) >= 11 is 0. The number of nitrogens with one attached hydrogen (secondary N) is 4. The molecule has 6 N–H and O–H groups in total. The van der Waals surface area contributed by atoms with Crippen LogP contribution in [0.2, 0.25) is 0 Å². The van der Waals surface area contributed by atoms with Crippen LogP contribution in [0.25, 0.3) is 0 Å². The fourth-order valence-corrected chi connectivity index (χ4v) is 8.92. The van der Waals surface area contributed by atoms with E-state index in [0.717, 1.165) is 83.5 Å². The van der Waals surface area contributed by atoms with Gasteiger partial charge in [-0.05, 0) is 58.3 Å². The van der Waals surface area contributed by atoms with Gasteiger partial charge in [-0.1, -0.05) is 64.7 Å². The molecule has 0 aliphatic heterocycles. The Morgan fingerprint density at radius 2 is 0.505 bits per heavy atom. The first-order valence-corrected chi connectivity index (χ1v) is 35.1. The molecule has 0 rings (SSSR count). The Bertz CT molecular complexity index is 1710. The van der Waals surface area contributed by atoms with Crippen LogP contribution in [0.4, 0.5) is 0 Å². The van der Waals surface area contributed by atoms with Crippen LogP contribution >= 0.6 is 0 Å². The summed E-state index contributed by atoms with van der Waals surface area (Å²) < 4.78 is 67.8. The molecule has 0 fully saturated rings. The van der Waals surface area contributed by atoms with E-state index in [9.17, 15) is 43.2 Å². The summed E-state index contributed by atoms with van der Waals surface area (Å²) in [7, 11) is 0. The van der Waals surface area contributed by atoms with Gasteiger partial charge in [0, 0.05) is 115 Å². The van der Waals surface area contributed by atoms with Gasteiger partial charge in [-0.15, -0.1) is 0 Å². The first-order valence-electron chi connectivity index (χ1n) is 35.1. The van der Waals surface area contributed by atoms with Crippen molar-refractivity contribution in [2.24, 2.45) is 5.41 Å². The fraction of sp³-hybridized carbons (Fsp3) is 0.868. The molecule has 0 radical (unpaired) electrons. The number of amides is 4. The van der Waals surface area contributed by atoms with Crippen LogP contribution in [0.3, 0.4) is 0 Å². The van der Waals surface area contributed by atoms with Crippen LogP contribution < -0.4 is 21.3 Å². The maximum atomic E-state index is 12.7. The molecular weight excluding hydrogens is 1240 g/mol. The van der Waals surface area contributed by atoms with E-state index in [-0.39, 0.29) is 132 Å². The molecule has 0 saturated carbocycles. The van der Waals surface area contributed by atoms with E-state index in [2.05, 4.69) is 21.3 Å². The maximum absolute atomic E-state index is 12.7. The summed E-state index contributed by atoms with van der Waals surface area (Å²) in [6.45, 7) is 13.1. The lowest BCUT2D eigenvalue weighted by atomic mass is 9.94. The quantitative estimate of drug-likeness (QED) is 0.0355. The van der Waals surface area contributed by atoms with Crippen LogP contribution in [0.1, 0.15) is 194 Å². The number of carbonyl (C=O) groups excluding carboxylic acids is 7. The number of carbonyl (C=O) groups is 9. The van der Waals surface area contributed by atoms with Crippen molar-refractivity contribution >= 4 is 52.9 Å². The topological polar surface area (TPSA) is 353 Å². The van der Waals surface area contributed by atoms with Crippen molar-refractivity contribution in [1.29, 1.82) is 0 Å². The number of carboxylic acids is 2. The van der Waals surface area contributed by atoms with Gasteiger partial charge in [-0.3, -0.25) is 38.4 Å². The van der Waals surface area contributed by atoms with Crippen LogP contribution in [0.5, 0.6) is 0 Å². The third-order valence-electron chi connectivity index (χ3n) is 14.4. The lowest BCUT2D eigenvalue weighted by Crippen LogP contribution is -2.35. The molecular formula is C68H124N4O23. The van der Waals surface area contributed by atoms with Crippen LogP contribution in [0.15, 0.2) is 0 Å². The predicted octanol–water partition coefficient (Wildman–Crippen LogP) is 6.48. The van der Waals surface area contributed by atoms with Gasteiger partial charge in [0.2, 0.25) is 23.6 Å². The van der Waals surface area contributed by atoms with Crippen molar-refractivity contribution in [3.63, 3.8) is 0 Å². The molecule has 0 aromatic heterocycles. The molecule has 0 aromatic rings. The molecule has 0 heterocycles. The number of aliphatic carboxylic acids is 2. The van der Waals surface area contributed by atoms with Gasteiger partial charge in [0.05, 0.1) is 145 Å². The summed E-state index contributed by atoms with van der Waals surface area (Å²) in [5, 5.41) is 28.8. The summed E-state index contributed by atoms with van der Waals surface area (Å²) in [6.07, 6.45) is 17.7. The molecule has 4 amide bonds. The molecule has 27 nitrogen and oxygen atoms in total. The Hall–Kier alpha value is -4.65. The average Bonchev–Trinajstić information content (AvgIpc) is 1.57. The number of hydrogen-bond acceptors (Lipinski definition) is 21. The van der Waals surface area contributed by atoms with E-state index >= 15 is 0 Å². The van der Waals surface area contributed by atoms with E-state index in [4.69, 9.17) is 67.1 Å². The van der Waals surface area contributed by atoms with Crippen molar-refractivity contribution in [3.05, 3.63) is 0 Å². The fourth-order valence-electron chi connectivity index (χ4n) is 8.92. The van der Waals surface area contributed by atoms with Crippen LogP contribution in [-0.4, -0.2) is 248 Å². The largest absolute Gasteiger partial charge is 0.481 e. The minimum atomic E-state index is -0.772. The van der Waals surface area contributed by atoms with Crippen LogP contribution in [0, 0.1) is 5.41 Å². The number of ketones is 3. The summed E-state index contributed by atoms with van der Waals surface area (Å²) in [5.41, 5.74) is -0.652. The number of Topliss-reactive ketones (excluding diaryl/α,β-unsaturated/α-hetero) is 3. The van der Waals surface area contributed by atoms with E-state index in [1.54, 1.807) is 6.92 Å². The first-order chi connectivity index (χ1) is 46.1. The van der Waals surface area contributed by atoms with Crippen molar-refractivity contribution in [1.82, 2.24) is 21.3 Å². The number of hydrogen-bond donors (Lipinski definition) is 6. The second kappa shape index (κ2) is 69.3. The first kappa shape index (κ1) is 90.3. The number of rotatable bonds is 77. The lowest BCUT2D eigenvalue weighted by Gasteiger charge is -2.29. The van der Waals surface area contributed by atoms with Gasteiger partial charge in [-0.25, -0.2) is 0 Å². The number of unbranched alkanes of at least 4 members (excludes halogenated alkanes) is 12. The van der Waals surface area contributed by atoms with Gasteiger partial charge in [-0.2, -0.15) is 0 Å². The average molecular weight is 1370 g/mol. The molecule has 554 valence electrons. The van der Waals surface area contributed by atoms with E-state index in [1.165, 1.54) is 0 Å². The molecule has 0 atom stereocenters. The van der Waals surface area contributed by atoms with Crippen molar-refractivity contribution in [2.45, 2.75) is 194 Å². The zero-order valence-corrected chi connectivity index (χ0v) is 58.1. The second-order valence-corrected chi connectivity index (χ2v) is 23.7. The van der Waals surface area contributed by atoms with Gasteiger partial charge >= 0.3 is 11.9 Å². The standard InChI is InChI=1S/C68H124N4O23/c1-59(73)20-12-6-3-9-15-31-69-62(76)29-41-88-48-54-92-55-49-89-43-34-72-65(79)30-42-95-58-68(2,56-93-37-25-60(74)21-18-35-84-44-50-90-52-46-86-39-27-63(77)70-32-16-10-4-7-13-23-66(80)81)57-94-38-26-61(75)22-19-36-85-45-51-91-53-47-87-40-28-64(78)71-33-17-11-5-8-14-24-67(82)83/h3-58H2,1-2H3,(H,69,76)(H,70,77)(H,71,78)(H,72,79)(H,80,81)(H,82,83). The Morgan fingerprint density at radius 3 is 0.832 bits per heavy atom. The van der Waals surface area contributed by atoms with Gasteiger partial charge < -0.3 is 93.1 Å². The monoisotopic (exact) mass is 1360 g/mol. The molecule has 0 aromatic carbocycles. The number of carboxylic acid groups (broad SMARTS) is 2. The predicted molar refractivity (Wildman–Crippen MR) is 355 cm³/mol. The minimum Gasteiger partial charge on any atom is -0.481 e. The Kier molecular flexibility index (Phi) is 65.9. The summed E-state index contributed by atoms with van der Waals surface area (Å²) in [5.74, 6) is -1.63. The Morgan fingerprint density at radius 1 is 0.253 bits per heavy atom. The van der Waals surface area contributed by atoms with E-state index in [1.807, 2.05) is 6.92 Å². The molecule has 0 bridgehead atoms. The van der Waals surface area contributed by atoms with Gasteiger partial charge in [0.1, 0.15) is 17.3 Å². The third-order valence-corrected chi connectivity index (χ3v) is 14.4. The molecule has 0 spiro atoms. The molecule has 0 unspecified atom stereocenters. The highest BCUT2D eigenvalue weighted by atomic mass is 16.6. The molecule has 0 aliphatic rings. The van der Waals surface area contributed by atoms with E-state index in [0.29, 0.717) is 190 Å². The smallest absolute Gasteiger partial charge is 0.303 e. The van der Waals surface area contributed by atoms with Gasteiger partial charge in [0.15, 0.2) is 0 Å². The van der Waals surface area contributed by atoms with Crippen molar-refractivity contribution in [2.75, 3.05) is 185 Å². The van der Waals surface area contributed by atoms with Gasteiger partial charge in [0.25, 0.3) is 0 Å². The second-order valence-electron chi connectivity index (χ2n) is 23.7. The lowest BCUT2D eigenvalue weighted by molar-refractivity contribution is -0.138. The van der Waals surface area contributed by atoms with E-state index < -0.39 is 17.4 Å². The molecule has 27 heteroatoms. The Labute approximate surface area is 566 Å². The molecule has 95 heavy (non-hydrogen) atoms. The molecule has 0 aliphatic carbocycles. The minimum absolute atomic E-state index is 0.0382. The summed E-state index contributed by atoms with van der Waals surface area (Å²) in [4.78, 5) is 106. The van der Waals surface area contributed by atoms with Crippen molar-refractivity contribution in [3.8, 4) is 0 Å². The number of ether oxygens (including phenoxy) is 12. The highest BCUT2D eigenvalue weighted by molar-refractivity contribution is 5.79. The Balaban J connectivity index is 4.43. The third kappa shape index (κ3) is 71.9. The van der Waals surface area contributed by atoms with Crippen LogP contribution in [-0.2, 0) is 100.0 Å². The zero-order chi connectivity index (χ0) is 69.6. The molecule has 0 saturated heterocycles. The maximum Gasteiger partial charge on any atom is 0.303 e. The van der Waals surface area contributed by atoms with Crippen molar-refractivity contribution < 1.29 is 110 Å². The zero-order valence-electron chi connectivity index (χ0n) is 58.1.